The van der Waals surface area contributed by atoms with E-state index in [-0.39, 0.29) is 5.91 Å². The number of carbonyl (C=O) groups is 1. The normalized spacial score (nSPS) is 13.9. The van der Waals surface area contributed by atoms with E-state index in [4.69, 9.17) is 4.74 Å². The van der Waals surface area contributed by atoms with Crippen LogP contribution in [0.25, 0.3) is 0 Å². The summed E-state index contributed by atoms with van der Waals surface area (Å²) in [5.74, 6) is 1.31. The largest absolute Gasteiger partial charge is 0.496 e. The third-order valence-corrected chi connectivity index (χ3v) is 4.38. The summed E-state index contributed by atoms with van der Waals surface area (Å²) in [6.45, 7) is 5.19. The highest BCUT2D eigenvalue weighted by molar-refractivity contribution is 5.92. The van der Waals surface area contributed by atoms with Crippen LogP contribution in [-0.4, -0.2) is 22.8 Å². The molecule has 5 nitrogen and oxygen atoms in total. The van der Waals surface area contributed by atoms with Crippen LogP contribution in [0.15, 0.2) is 24.3 Å². The van der Waals surface area contributed by atoms with Crippen LogP contribution in [0.3, 0.4) is 0 Å². The summed E-state index contributed by atoms with van der Waals surface area (Å²) in [6, 6.07) is 7.81. The van der Waals surface area contributed by atoms with Crippen molar-refractivity contribution in [3.63, 3.8) is 0 Å². The summed E-state index contributed by atoms with van der Waals surface area (Å²) < 4.78 is 7.12. The number of hydrogen-bond acceptors (Lipinski definition) is 3. The smallest absolute Gasteiger partial charge is 0.269 e. The Morgan fingerprint density at radius 2 is 2.22 bits per heavy atom. The van der Waals surface area contributed by atoms with Crippen molar-refractivity contribution in [1.82, 2.24) is 15.1 Å². The number of rotatable bonds is 6. The Hall–Kier alpha value is -2.30. The van der Waals surface area contributed by atoms with E-state index in [9.17, 15) is 4.79 Å². The molecular formula is C18H23N3O2. The number of aryl methyl sites for hydroxylation is 1. The van der Waals surface area contributed by atoms with E-state index in [1.807, 2.05) is 38.1 Å². The van der Waals surface area contributed by atoms with Gasteiger partial charge < -0.3 is 10.1 Å². The molecule has 0 unspecified atom stereocenters. The fourth-order valence-corrected chi connectivity index (χ4v) is 2.78. The molecule has 1 aromatic carbocycles. The van der Waals surface area contributed by atoms with Gasteiger partial charge in [0, 0.05) is 19.0 Å². The average Bonchev–Trinajstić information content (AvgIpc) is 3.32. The van der Waals surface area contributed by atoms with Gasteiger partial charge >= 0.3 is 0 Å². The van der Waals surface area contributed by atoms with Crippen LogP contribution in [0.4, 0.5) is 0 Å². The second-order valence-corrected chi connectivity index (χ2v) is 5.97. The molecule has 0 spiro atoms. The van der Waals surface area contributed by atoms with Gasteiger partial charge in [-0.1, -0.05) is 12.1 Å². The fourth-order valence-electron chi connectivity index (χ4n) is 2.78. The summed E-state index contributed by atoms with van der Waals surface area (Å²) in [5.41, 5.74) is 3.81. The molecule has 1 amide bonds. The Kier molecular flexibility index (Phi) is 4.37. The van der Waals surface area contributed by atoms with E-state index in [0.717, 1.165) is 22.6 Å². The van der Waals surface area contributed by atoms with Gasteiger partial charge in [-0.05, 0) is 49.9 Å². The van der Waals surface area contributed by atoms with Gasteiger partial charge in [-0.2, -0.15) is 5.10 Å². The zero-order valence-electron chi connectivity index (χ0n) is 13.9. The minimum atomic E-state index is -0.0755. The van der Waals surface area contributed by atoms with Gasteiger partial charge in [0.25, 0.3) is 5.91 Å². The van der Waals surface area contributed by atoms with E-state index >= 15 is 0 Å². The summed E-state index contributed by atoms with van der Waals surface area (Å²) in [5, 5.41) is 7.55. The molecule has 1 N–H and O–H groups in total. The van der Waals surface area contributed by atoms with E-state index in [0.29, 0.717) is 24.7 Å². The molecule has 1 heterocycles. The first kappa shape index (κ1) is 15.6. The molecule has 1 saturated carbocycles. The van der Waals surface area contributed by atoms with Gasteiger partial charge in [-0.15, -0.1) is 0 Å². The lowest BCUT2D eigenvalue weighted by Crippen LogP contribution is -2.26. The molecule has 1 aliphatic rings. The maximum atomic E-state index is 12.5. The zero-order valence-corrected chi connectivity index (χ0v) is 13.9. The topological polar surface area (TPSA) is 56.2 Å². The van der Waals surface area contributed by atoms with Gasteiger partial charge in [0.15, 0.2) is 0 Å². The molecule has 0 bridgehead atoms. The van der Waals surface area contributed by atoms with Gasteiger partial charge in [-0.3, -0.25) is 9.48 Å². The lowest BCUT2D eigenvalue weighted by Gasteiger charge is -2.11. The van der Waals surface area contributed by atoms with Crippen molar-refractivity contribution in [2.75, 3.05) is 7.11 Å². The maximum absolute atomic E-state index is 12.5. The van der Waals surface area contributed by atoms with Crippen LogP contribution < -0.4 is 10.1 Å². The number of aromatic nitrogens is 2. The van der Waals surface area contributed by atoms with Gasteiger partial charge in [-0.25, -0.2) is 0 Å². The molecule has 0 aliphatic heterocycles. The number of carbonyl (C=O) groups excluding carboxylic acids is 1. The molecule has 2 aromatic rings. The van der Waals surface area contributed by atoms with Gasteiger partial charge in [0.05, 0.1) is 12.8 Å². The summed E-state index contributed by atoms with van der Waals surface area (Å²) >= 11 is 0. The summed E-state index contributed by atoms with van der Waals surface area (Å²) in [7, 11) is 1.66. The first-order valence-electron chi connectivity index (χ1n) is 8.12. The minimum Gasteiger partial charge on any atom is -0.496 e. The van der Waals surface area contributed by atoms with Crippen molar-refractivity contribution in [2.45, 2.75) is 45.7 Å². The number of ether oxygens (including phenoxy) is 1. The molecule has 0 saturated heterocycles. The van der Waals surface area contributed by atoms with E-state index < -0.39 is 0 Å². The highest BCUT2D eigenvalue weighted by Gasteiger charge is 2.28. The van der Waals surface area contributed by atoms with E-state index in [1.54, 1.807) is 11.8 Å². The third kappa shape index (κ3) is 3.23. The molecule has 3 rings (SSSR count). The SMILES string of the molecule is CCn1nc(C2CC2)cc1C(=O)NCc1cccc(OC)c1C. The van der Waals surface area contributed by atoms with Crippen molar-refractivity contribution >= 4 is 5.91 Å². The lowest BCUT2D eigenvalue weighted by atomic mass is 10.1. The van der Waals surface area contributed by atoms with Crippen molar-refractivity contribution in [3.8, 4) is 5.75 Å². The second kappa shape index (κ2) is 6.44. The molecule has 122 valence electrons. The molecule has 0 atom stereocenters. The van der Waals surface area contributed by atoms with Gasteiger partial charge in [0.2, 0.25) is 0 Å². The highest BCUT2D eigenvalue weighted by atomic mass is 16.5. The monoisotopic (exact) mass is 313 g/mol. The Balaban J connectivity index is 1.72. The standard InChI is InChI=1S/C18H23N3O2/c1-4-21-16(10-15(20-21)13-8-9-13)18(22)19-11-14-6-5-7-17(23-3)12(14)2/h5-7,10,13H,4,8-9,11H2,1-3H3,(H,19,22). The van der Waals surface area contributed by atoms with Crippen LogP contribution in [0.2, 0.25) is 0 Å². The average molecular weight is 313 g/mol. The molecule has 5 heteroatoms. The number of nitrogens with zero attached hydrogens (tertiary/aromatic N) is 2. The Morgan fingerprint density at radius 1 is 1.43 bits per heavy atom. The Morgan fingerprint density at radius 3 is 2.87 bits per heavy atom. The van der Waals surface area contributed by atoms with Crippen LogP contribution >= 0.6 is 0 Å². The quantitative estimate of drug-likeness (QED) is 0.892. The summed E-state index contributed by atoms with van der Waals surface area (Å²) in [6.07, 6.45) is 2.37. The van der Waals surface area contributed by atoms with Crippen LogP contribution in [0.5, 0.6) is 5.75 Å². The molecule has 1 aromatic heterocycles. The molecule has 1 fully saturated rings. The van der Waals surface area contributed by atoms with Crippen molar-refractivity contribution < 1.29 is 9.53 Å². The second-order valence-electron chi connectivity index (χ2n) is 5.97. The van der Waals surface area contributed by atoms with Crippen molar-refractivity contribution in [1.29, 1.82) is 0 Å². The molecule has 0 radical (unpaired) electrons. The van der Waals surface area contributed by atoms with Crippen molar-refractivity contribution in [2.24, 2.45) is 0 Å². The summed E-state index contributed by atoms with van der Waals surface area (Å²) in [4.78, 5) is 12.5. The number of benzene rings is 1. The molecule has 1 aliphatic carbocycles. The number of hydrogen-bond donors (Lipinski definition) is 1. The molecular weight excluding hydrogens is 290 g/mol. The van der Waals surface area contributed by atoms with Crippen LogP contribution in [-0.2, 0) is 13.1 Å². The van der Waals surface area contributed by atoms with E-state index in [1.165, 1.54) is 12.8 Å². The maximum Gasteiger partial charge on any atom is 0.269 e. The third-order valence-electron chi connectivity index (χ3n) is 4.38. The van der Waals surface area contributed by atoms with Crippen LogP contribution in [0, 0.1) is 6.92 Å². The fraction of sp³-hybridized carbons (Fsp3) is 0.444. The number of nitrogens with one attached hydrogen (secondary N) is 1. The first-order valence-corrected chi connectivity index (χ1v) is 8.12. The lowest BCUT2D eigenvalue weighted by molar-refractivity contribution is 0.0940. The predicted molar refractivity (Wildman–Crippen MR) is 88.8 cm³/mol. The van der Waals surface area contributed by atoms with Crippen LogP contribution in [0.1, 0.15) is 53.0 Å². The zero-order chi connectivity index (χ0) is 16.4. The van der Waals surface area contributed by atoms with Gasteiger partial charge in [0.1, 0.15) is 11.4 Å². The predicted octanol–water partition coefficient (Wildman–Crippen LogP) is 3.03. The van der Waals surface area contributed by atoms with E-state index in [2.05, 4.69) is 10.4 Å². The Labute approximate surface area is 136 Å². The first-order chi connectivity index (χ1) is 11.1. The number of methoxy groups -OCH3 is 1. The minimum absolute atomic E-state index is 0.0755. The Bertz CT molecular complexity index is 717. The highest BCUT2D eigenvalue weighted by Crippen LogP contribution is 2.39. The number of amides is 1. The van der Waals surface area contributed by atoms with Crippen molar-refractivity contribution in [3.05, 3.63) is 46.8 Å². The molecule has 23 heavy (non-hydrogen) atoms.